The summed E-state index contributed by atoms with van der Waals surface area (Å²) in [6.45, 7) is 1.86. The number of carbonyl (C=O) groups is 1. The molecule has 0 bridgehead atoms. The van der Waals surface area contributed by atoms with Crippen molar-refractivity contribution in [2.45, 2.75) is 11.8 Å². The van der Waals surface area contributed by atoms with Gasteiger partial charge in [0.25, 0.3) is 5.91 Å². The van der Waals surface area contributed by atoms with Crippen LogP contribution < -0.4 is 0 Å². The molecule has 0 aliphatic carbocycles. The zero-order chi connectivity index (χ0) is 21.0. The molecule has 0 radical (unpaired) electrons. The summed E-state index contributed by atoms with van der Waals surface area (Å²) in [7, 11) is -2.93. The van der Waals surface area contributed by atoms with Crippen molar-refractivity contribution in [2.24, 2.45) is 4.36 Å². The summed E-state index contributed by atoms with van der Waals surface area (Å²) in [6.07, 6.45) is 4.10. The quantitative estimate of drug-likeness (QED) is 0.590. The Bertz CT molecular complexity index is 1260. The predicted molar refractivity (Wildman–Crippen MR) is 107 cm³/mol. The van der Waals surface area contributed by atoms with Gasteiger partial charge in [0.05, 0.1) is 15.3 Å². The molecular weight excluding hydrogens is 394 g/mol. The monoisotopic (exact) mass is 410 g/mol. The average molecular weight is 410 g/mol. The Morgan fingerprint density at radius 3 is 2.38 bits per heavy atom. The van der Waals surface area contributed by atoms with E-state index in [0.717, 1.165) is 23.8 Å². The number of carbonyl (C=O) groups excluding carboxylic acids is 1. The van der Waals surface area contributed by atoms with Gasteiger partial charge < -0.3 is 0 Å². The summed E-state index contributed by atoms with van der Waals surface area (Å²) in [5.41, 5.74) is 1.53. The summed E-state index contributed by atoms with van der Waals surface area (Å²) < 4.78 is 43.2. The van der Waals surface area contributed by atoms with Gasteiger partial charge in [0.2, 0.25) is 0 Å². The number of hydrogen-bond donors (Lipinski definition) is 0. The van der Waals surface area contributed by atoms with Gasteiger partial charge >= 0.3 is 0 Å². The smallest absolute Gasteiger partial charge is 0.266 e. The summed E-state index contributed by atoms with van der Waals surface area (Å²) in [5, 5.41) is 0. The van der Waals surface area contributed by atoms with Gasteiger partial charge in [-0.15, -0.1) is 0 Å². The molecule has 3 rings (SSSR count). The van der Waals surface area contributed by atoms with Crippen molar-refractivity contribution in [3.05, 3.63) is 94.8 Å². The number of amides is 1. The number of nitrogens with zero attached hydrogens (tertiary/aromatic N) is 2. The lowest BCUT2D eigenvalue weighted by atomic mass is 10.1. The number of pyridine rings is 1. The van der Waals surface area contributed by atoms with E-state index in [0.29, 0.717) is 10.5 Å². The minimum Gasteiger partial charge on any atom is -0.266 e. The van der Waals surface area contributed by atoms with Gasteiger partial charge in [0, 0.05) is 40.7 Å². The molecule has 1 amide bonds. The second-order valence-corrected chi connectivity index (χ2v) is 8.64. The van der Waals surface area contributed by atoms with Crippen molar-refractivity contribution in [1.82, 2.24) is 4.98 Å². The zero-order valence-corrected chi connectivity index (χ0v) is 16.5. The Labute approximate surface area is 167 Å². The van der Waals surface area contributed by atoms with E-state index >= 15 is 0 Å². The Balaban J connectivity index is 1.90. The van der Waals surface area contributed by atoms with Crippen LogP contribution in [0.5, 0.6) is 0 Å². The molecule has 0 saturated carbocycles. The van der Waals surface area contributed by atoms with Crippen LogP contribution in [-0.2, 0) is 9.73 Å². The van der Waals surface area contributed by atoms with Crippen molar-refractivity contribution in [3.8, 4) is 11.8 Å². The molecule has 29 heavy (non-hydrogen) atoms. The molecule has 1 aromatic heterocycles. The lowest BCUT2D eigenvalue weighted by Crippen LogP contribution is -2.04. The minimum absolute atomic E-state index is 0.115. The maximum atomic E-state index is 13.2. The number of rotatable bonds is 2. The maximum Gasteiger partial charge on any atom is 0.286 e. The summed E-state index contributed by atoms with van der Waals surface area (Å²) >= 11 is 0. The first-order valence-corrected chi connectivity index (χ1v) is 10.4. The van der Waals surface area contributed by atoms with E-state index in [-0.39, 0.29) is 11.1 Å². The van der Waals surface area contributed by atoms with Crippen LogP contribution in [0.4, 0.5) is 8.78 Å². The number of hydrogen-bond acceptors (Lipinski definition) is 3. The first-order valence-electron chi connectivity index (χ1n) is 8.49. The van der Waals surface area contributed by atoms with E-state index in [1.54, 1.807) is 18.2 Å². The number of benzene rings is 2. The Hall–Kier alpha value is -3.37. The van der Waals surface area contributed by atoms with Crippen LogP contribution in [-0.4, -0.2) is 21.4 Å². The van der Waals surface area contributed by atoms with Crippen LogP contribution in [0, 0.1) is 30.4 Å². The zero-order valence-electron chi connectivity index (χ0n) is 15.6. The molecule has 0 aliphatic rings. The fraction of sp³-hybridized carbons (Fsp3) is 0.0909. The van der Waals surface area contributed by atoms with Crippen LogP contribution in [0.1, 0.15) is 27.0 Å². The third kappa shape index (κ3) is 5.33. The standard InChI is InChI=1S/C22H16F2N2O2S/c1-15-4-3-5-21(8-15)29(2,28)26-22(27)18-9-17(13-25-14-18)7-6-16-10-19(23)12-20(24)11-16/h3-5,8-14H,1-2H3. The Morgan fingerprint density at radius 1 is 1.00 bits per heavy atom. The molecule has 0 spiro atoms. The molecule has 0 aliphatic heterocycles. The van der Waals surface area contributed by atoms with E-state index in [2.05, 4.69) is 21.2 Å². The number of halogens is 2. The maximum absolute atomic E-state index is 13.2. The molecule has 1 heterocycles. The molecule has 1 atom stereocenters. The van der Waals surface area contributed by atoms with Gasteiger partial charge in [-0.25, -0.2) is 13.0 Å². The molecule has 3 aromatic rings. The SMILES string of the molecule is Cc1cccc(S(C)(=O)=NC(=O)c2cncc(C#Cc3cc(F)cc(F)c3)c2)c1. The topological polar surface area (TPSA) is 59.4 Å². The molecule has 7 heteroatoms. The van der Waals surface area contributed by atoms with Crippen molar-refractivity contribution in [1.29, 1.82) is 0 Å². The van der Waals surface area contributed by atoms with Gasteiger partial charge in [-0.05, 0) is 42.8 Å². The highest BCUT2D eigenvalue weighted by Gasteiger charge is 2.12. The molecular formula is C22H16F2N2O2S. The van der Waals surface area contributed by atoms with Crippen molar-refractivity contribution < 1.29 is 17.8 Å². The Kier molecular flexibility index (Phi) is 5.85. The number of aromatic nitrogens is 1. The summed E-state index contributed by atoms with van der Waals surface area (Å²) in [5.74, 6) is 3.17. The summed E-state index contributed by atoms with van der Waals surface area (Å²) in [4.78, 5) is 16.9. The van der Waals surface area contributed by atoms with Gasteiger partial charge in [-0.2, -0.15) is 4.36 Å². The normalized spacial score (nSPS) is 12.4. The van der Waals surface area contributed by atoms with Gasteiger partial charge in [-0.1, -0.05) is 24.0 Å². The third-order valence-corrected chi connectivity index (χ3v) is 5.53. The van der Waals surface area contributed by atoms with Gasteiger partial charge in [0.1, 0.15) is 11.6 Å². The fourth-order valence-electron chi connectivity index (χ4n) is 2.51. The first kappa shape index (κ1) is 20.4. The van der Waals surface area contributed by atoms with Crippen LogP contribution in [0.2, 0.25) is 0 Å². The van der Waals surface area contributed by atoms with Crippen molar-refractivity contribution in [2.75, 3.05) is 6.26 Å². The van der Waals surface area contributed by atoms with E-state index in [1.807, 2.05) is 13.0 Å². The minimum atomic E-state index is -2.93. The molecule has 0 N–H and O–H groups in total. The average Bonchev–Trinajstić information content (AvgIpc) is 2.65. The molecule has 4 nitrogen and oxygen atoms in total. The lowest BCUT2D eigenvalue weighted by Gasteiger charge is -2.05. The highest BCUT2D eigenvalue weighted by Crippen LogP contribution is 2.15. The van der Waals surface area contributed by atoms with Gasteiger partial charge in [-0.3, -0.25) is 9.78 Å². The van der Waals surface area contributed by atoms with Crippen molar-refractivity contribution in [3.63, 3.8) is 0 Å². The van der Waals surface area contributed by atoms with Gasteiger partial charge in [0.15, 0.2) is 0 Å². The van der Waals surface area contributed by atoms with E-state index in [4.69, 9.17) is 0 Å². The van der Waals surface area contributed by atoms with Crippen LogP contribution >= 0.6 is 0 Å². The molecule has 0 saturated heterocycles. The second-order valence-electron chi connectivity index (χ2n) is 6.39. The number of aryl methyl sites for hydroxylation is 1. The molecule has 0 fully saturated rings. The van der Waals surface area contributed by atoms with E-state index in [9.17, 15) is 17.8 Å². The largest absolute Gasteiger partial charge is 0.286 e. The second kappa shape index (κ2) is 8.33. The lowest BCUT2D eigenvalue weighted by molar-refractivity contribution is 0.100. The van der Waals surface area contributed by atoms with E-state index in [1.165, 1.54) is 24.7 Å². The van der Waals surface area contributed by atoms with Crippen molar-refractivity contribution >= 4 is 15.6 Å². The molecule has 146 valence electrons. The summed E-state index contributed by atoms with van der Waals surface area (Å²) in [6, 6.07) is 11.4. The molecule has 1 unspecified atom stereocenters. The predicted octanol–water partition coefficient (Wildman–Crippen LogP) is 4.37. The third-order valence-electron chi connectivity index (χ3n) is 3.88. The highest BCUT2D eigenvalue weighted by molar-refractivity contribution is 7.93. The van der Waals surface area contributed by atoms with E-state index < -0.39 is 27.3 Å². The highest BCUT2D eigenvalue weighted by atomic mass is 32.2. The van der Waals surface area contributed by atoms with Crippen LogP contribution in [0.15, 0.2) is 70.2 Å². The first-order chi connectivity index (χ1) is 13.7. The van der Waals surface area contributed by atoms with Crippen LogP contribution in [0.25, 0.3) is 0 Å². The van der Waals surface area contributed by atoms with Crippen LogP contribution in [0.3, 0.4) is 0 Å². The fourth-order valence-corrected chi connectivity index (χ4v) is 3.77. The molecule has 2 aromatic carbocycles. The Morgan fingerprint density at radius 2 is 1.69 bits per heavy atom.